The molecule has 0 heterocycles. The number of rotatable bonds is 5. The topological polar surface area (TPSA) is 38.5 Å². The number of ether oxygens (including phenoxy) is 1. The molecule has 21 heavy (non-hydrogen) atoms. The Kier molecular flexibility index (Phi) is 5.10. The van der Waals surface area contributed by atoms with Crippen molar-refractivity contribution in [3.8, 4) is 5.75 Å². The van der Waals surface area contributed by atoms with E-state index in [0.717, 1.165) is 17.0 Å². The summed E-state index contributed by atoms with van der Waals surface area (Å²) in [6.07, 6.45) is 0. The highest BCUT2D eigenvalue weighted by atomic mass is 35.5. The number of hydrogen-bond donors (Lipinski definition) is 1. The predicted octanol–water partition coefficient (Wildman–Crippen LogP) is 3.79. The first-order chi connectivity index (χ1) is 10.1. The third kappa shape index (κ3) is 3.14. The first-order valence-electron chi connectivity index (χ1n) is 6.91. The highest BCUT2D eigenvalue weighted by Gasteiger charge is 2.23. The molecule has 2 aromatic rings. The van der Waals surface area contributed by atoms with E-state index in [-0.39, 0.29) is 6.04 Å². The van der Waals surface area contributed by atoms with Crippen LogP contribution < -0.4 is 15.4 Å². The van der Waals surface area contributed by atoms with Crippen LogP contribution in [0.1, 0.15) is 17.2 Å². The standard InChI is InChI=1S/C17H21ClN2O/c1-12-7-4-5-9-14(12)20(2)15(11-19)17-13(18)8-6-10-16(17)21-3/h4-10,15H,11,19H2,1-3H3. The van der Waals surface area contributed by atoms with Crippen molar-refractivity contribution in [1.29, 1.82) is 0 Å². The van der Waals surface area contributed by atoms with Gasteiger partial charge in [0.1, 0.15) is 5.75 Å². The van der Waals surface area contributed by atoms with E-state index in [4.69, 9.17) is 22.1 Å². The average Bonchev–Trinajstić information content (AvgIpc) is 2.49. The van der Waals surface area contributed by atoms with Crippen molar-refractivity contribution in [2.75, 3.05) is 25.6 Å². The van der Waals surface area contributed by atoms with Gasteiger partial charge < -0.3 is 15.4 Å². The van der Waals surface area contributed by atoms with Crippen LogP contribution in [0.3, 0.4) is 0 Å². The van der Waals surface area contributed by atoms with Gasteiger partial charge in [0.25, 0.3) is 0 Å². The molecule has 4 heteroatoms. The van der Waals surface area contributed by atoms with Crippen LogP contribution in [-0.2, 0) is 0 Å². The fourth-order valence-electron chi connectivity index (χ4n) is 2.62. The molecule has 2 aromatic carbocycles. The lowest BCUT2D eigenvalue weighted by molar-refractivity contribution is 0.405. The maximum Gasteiger partial charge on any atom is 0.125 e. The normalized spacial score (nSPS) is 12.0. The molecule has 1 unspecified atom stereocenters. The summed E-state index contributed by atoms with van der Waals surface area (Å²) in [6, 6.07) is 13.8. The second-order valence-electron chi connectivity index (χ2n) is 5.00. The van der Waals surface area contributed by atoms with Crippen molar-refractivity contribution in [3.05, 3.63) is 58.6 Å². The van der Waals surface area contributed by atoms with Gasteiger partial charge in [0.05, 0.1) is 13.2 Å². The van der Waals surface area contributed by atoms with Crippen molar-refractivity contribution in [3.63, 3.8) is 0 Å². The smallest absolute Gasteiger partial charge is 0.125 e. The minimum absolute atomic E-state index is 0.0465. The van der Waals surface area contributed by atoms with E-state index in [1.165, 1.54) is 5.56 Å². The van der Waals surface area contributed by atoms with E-state index in [0.29, 0.717) is 11.6 Å². The van der Waals surface area contributed by atoms with Crippen LogP contribution in [0.25, 0.3) is 0 Å². The molecule has 112 valence electrons. The highest BCUT2D eigenvalue weighted by Crippen LogP contribution is 2.36. The Labute approximate surface area is 131 Å². The number of nitrogens with two attached hydrogens (primary N) is 1. The third-order valence-corrected chi connectivity index (χ3v) is 4.08. The number of aryl methyl sites for hydroxylation is 1. The van der Waals surface area contributed by atoms with Crippen LogP contribution in [0.15, 0.2) is 42.5 Å². The zero-order valence-electron chi connectivity index (χ0n) is 12.6. The molecule has 2 rings (SSSR count). The molecule has 0 amide bonds. The Morgan fingerprint density at radius 1 is 1.19 bits per heavy atom. The fraction of sp³-hybridized carbons (Fsp3) is 0.294. The molecule has 0 aromatic heterocycles. The van der Waals surface area contributed by atoms with Crippen molar-refractivity contribution < 1.29 is 4.74 Å². The minimum Gasteiger partial charge on any atom is -0.496 e. The van der Waals surface area contributed by atoms with Crippen LogP contribution in [0.2, 0.25) is 5.02 Å². The summed E-state index contributed by atoms with van der Waals surface area (Å²) in [4.78, 5) is 2.15. The summed E-state index contributed by atoms with van der Waals surface area (Å²) in [6.45, 7) is 2.54. The summed E-state index contributed by atoms with van der Waals surface area (Å²) in [5.74, 6) is 0.762. The quantitative estimate of drug-likeness (QED) is 0.913. The van der Waals surface area contributed by atoms with E-state index in [1.54, 1.807) is 7.11 Å². The fourth-order valence-corrected chi connectivity index (χ4v) is 2.91. The van der Waals surface area contributed by atoms with Gasteiger partial charge in [-0.1, -0.05) is 35.9 Å². The monoisotopic (exact) mass is 304 g/mol. The molecular weight excluding hydrogens is 284 g/mol. The van der Waals surface area contributed by atoms with Gasteiger partial charge in [0, 0.05) is 29.9 Å². The highest BCUT2D eigenvalue weighted by molar-refractivity contribution is 6.31. The van der Waals surface area contributed by atoms with Crippen LogP contribution in [0, 0.1) is 6.92 Å². The minimum atomic E-state index is -0.0465. The number of hydrogen-bond acceptors (Lipinski definition) is 3. The van der Waals surface area contributed by atoms with Gasteiger partial charge in [-0.3, -0.25) is 0 Å². The first kappa shape index (κ1) is 15.7. The van der Waals surface area contributed by atoms with Crippen LogP contribution >= 0.6 is 11.6 Å². The van der Waals surface area contributed by atoms with E-state index < -0.39 is 0 Å². The maximum atomic E-state index is 6.39. The Morgan fingerprint density at radius 3 is 2.52 bits per heavy atom. The number of likely N-dealkylation sites (N-methyl/N-ethyl adjacent to an activating group) is 1. The zero-order valence-corrected chi connectivity index (χ0v) is 13.4. The number of halogens is 1. The maximum absolute atomic E-state index is 6.39. The van der Waals surface area contributed by atoms with Crippen molar-refractivity contribution in [1.82, 2.24) is 0 Å². The lowest BCUT2D eigenvalue weighted by atomic mass is 10.0. The lowest BCUT2D eigenvalue weighted by Gasteiger charge is -2.32. The lowest BCUT2D eigenvalue weighted by Crippen LogP contribution is -2.31. The number of anilines is 1. The number of para-hydroxylation sites is 1. The number of methoxy groups -OCH3 is 1. The van der Waals surface area contributed by atoms with Gasteiger partial charge in [-0.05, 0) is 30.7 Å². The van der Waals surface area contributed by atoms with E-state index >= 15 is 0 Å². The van der Waals surface area contributed by atoms with Crippen molar-refractivity contribution >= 4 is 17.3 Å². The van der Waals surface area contributed by atoms with Crippen molar-refractivity contribution in [2.24, 2.45) is 5.73 Å². The van der Waals surface area contributed by atoms with Crippen LogP contribution in [0.5, 0.6) is 5.75 Å². The first-order valence-corrected chi connectivity index (χ1v) is 7.28. The molecule has 0 saturated heterocycles. The largest absolute Gasteiger partial charge is 0.496 e. The molecule has 0 aliphatic heterocycles. The van der Waals surface area contributed by atoms with Crippen molar-refractivity contribution in [2.45, 2.75) is 13.0 Å². The Balaban J connectivity index is 2.48. The average molecular weight is 305 g/mol. The molecule has 0 aliphatic carbocycles. The SMILES string of the molecule is COc1cccc(Cl)c1C(CN)N(C)c1ccccc1C. The van der Waals surface area contributed by atoms with Crippen LogP contribution in [-0.4, -0.2) is 20.7 Å². The molecule has 0 bridgehead atoms. The van der Waals surface area contributed by atoms with Gasteiger partial charge >= 0.3 is 0 Å². The third-order valence-electron chi connectivity index (χ3n) is 3.75. The second kappa shape index (κ2) is 6.83. The summed E-state index contributed by atoms with van der Waals surface area (Å²) >= 11 is 6.39. The molecule has 3 nitrogen and oxygen atoms in total. The Hall–Kier alpha value is -1.71. The van der Waals surface area contributed by atoms with E-state index in [9.17, 15) is 0 Å². The molecule has 0 spiro atoms. The number of nitrogens with zero attached hydrogens (tertiary/aromatic N) is 1. The molecule has 0 radical (unpaired) electrons. The Morgan fingerprint density at radius 2 is 1.90 bits per heavy atom. The molecule has 0 fully saturated rings. The van der Waals surface area contributed by atoms with E-state index in [2.05, 4.69) is 24.0 Å². The van der Waals surface area contributed by atoms with Gasteiger partial charge in [-0.2, -0.15) is 0 Å². The van der Waals surface area contributed by atoms with Gasteiger partial charge in [-0.15, -0.1) is 0 Å². The van der Waals surface area contributed by atoms with Gasteiger partial charge in [0.15, 0.2) is 0 Å². The second-order valence-corrected chi connectivity index (χ2v) is 5.41. The predicted molar refractivity (Wildman–Crippen MR) is 89.4 cm³/mol. The van der Waals surface area contributed by atoms with E-state index in [1.807, 2.05) is 37.4 Å². The van der Waals surface area contributed by atoms with Crippen LogP contribution in [0.4, 0.5) is 5.69 Å². The van der Waals surface area contributed by atoms with Gasteiger partial charge in [-0.25, -0.2) is 0 Å². The number of benzene rings is 2. The molecular formula is C17H21ClN2O. The molecule has 2 N–H and O–H groups in total. The summed E-state index contributed by atoms with van der Waals surface area (Å²) in [7, 11) is 3.68. The molecule has 0 aliphatic rings. The molecule has 0 saturated carbocycles. The summed E-state index contributed by atoms with van der Waals surface area (Å²) < 4.78 is 5.46. The molecule has 1 atom stereocenters. The summed E-state index contributed by atoms with van der Waals surface area (Å²) in [5.41, 5.74) is 9.29. The van der Waals surface area contributed by atoms with Gasteiger partial charge in [0.2, 0.25) is 0 Å². The summed E-state index contributed by atoms with van der Waals surface area (Å²) in [5, 5.41) is 0.672. The zero-order chi connectivity index (χ0) is 15.4. The Bertz CT molecular complexity index is 615.